The van der Waals surface area contributed by atoms with Crippen LogP contribution < -0.4 is 0 Å². The molecular weight excluding hydrogens is 242 g/mol. The van der Waals surface area contributed by atoms with Crippen molar-refractivity contribution in [3.8, 4) is 0 Å². The third kappa shape index (κ3) is 4.14. The molecule has 0 spiro atoms. The lowest BCUT2D eigenvalue weighted by Crippen LogP contribution is -2.12. The van der Waals surface area contributed by atoms with E-state index in [0.717, 1.165) is 6.42 Å². The minimum Gasteiger partial charge on any atom is -0.478 e. The first-order valence-electron chi connectivity index (χ1n) is 5.33. The van der Waals surface area contributed by atoms with Crippen molar-refractivity contribution in [3.63, 3.8) is 0 Å². The van der Waals surface area contributed by atoms with Gasteiger partial charge in [0.15, 0.2) is 9.84 Å². The van der Waals surface area contributed by atoms with Gasteiger partial charge in [-0.25, -0.2) is 13.2 Å². The molecule has 0 saturated carbocycles. The van der Waals surface area contributed by atoms with Crippen LogP contribution in [0.4, 0.5) is 0 Å². The SMILES string of the molecule is CCCCS(=O)(=O)Cc1cnccc1C(=O)O. The van der Waals surface area contributed by atoms with Crippen molar-refractivity contribution in [1.82, 2.24) is 4.98 Å². The lowest BCUT2D eigenvalue weighted by molar-refractivity contribution is 0.0696. The van der Waals surface area contributed by atoms with Crippen LogP contribution in [0, 0.1) is 0 Å². The van der Waals surface area contributed by atoms with E-state index >= 15 is 0 Å². The predicted octanol–water partition coefficient (Wildman–Crippen LogP) is 1.49. The second-order valence-electron chi connectivity index (χ2n) is 3.78. The van der Waals surface area contributed by atoms with E-state index in [9.17, 15) is 13.2 Å². The van der Waals surface area contributed by atoms with E-state index in [4.69, 9.17) is 5.11 Å². The second kappa shape index (κ2) is 5.77. The molecule has 1 N–H and O–H groups in total. The van der Waals surface area contributed by atoms with Gasteiger partial charge in [0.2, 0.25) is 0 Å². The van der Waals surface area contributed by atoms with Gasteiger partial charge in [0.1, 0.15) is 0 Å². The number of pyridine rings is 1. The van der Waals surface area contributed by atoms with Crippen LogP contribution in [-0.4, -0.2) is 30.2 Å². The minimum atomic E-state index is -3.26. The Kier molecular flexibility index (Phi) is 4.62. The average Bonchev–Trinajstić information content (AvgIpc) is 2.26. The topological polar surface area (TPSA) is 84.3 Å². The first kappa shape index (κ1) is 13.6. The van der Waals surface area contributed by atoms with Crippen molar-refractivity contribution >= 4 is 15.8 Å². The van der Waals surface area contributed by atoms with Gasteiger partial charge in [-0.05, 0) is 18.1 Å². The fraction of sp³-hybridized carbons (Fsp3) is 0.455. The number of carbonyl (C=O) groups is 1. The number of aromatic carboxylic acids is 1. The number of aromatic nitrogens is 1. The largest absolute Gasteiger partial charge is 0.478 e. The van der Waals surface area contributed by atoms with Crippen LogP contribution in [0.25, 0.3) is 0 Å². The van der Waals surface area contributed by atoms with Gasteiger partial charge in [0.05, 0.1) is 17.1 Å². The molecule has 6 heteroatoms. The van der Waals surface area contributed by atoms with Gasteiger partial charge in [0.25, 0.3) is 0 Å². The van der Waals surface area contributed by atoms with E-state index in [1.54, 1.807) is 0 Å². The van der Waals surface area contributed by atoms with Crippen LogP contribution in [0.1, 0.15) is 35.7 Å². The summed E-state index contributed by atoms with van der Waals surface area (Å²) in [7, 11) is -3.26. The van der Waals surface area contributed by atoms with E-state index in [1.807, 2.05) is 6.92 Å². The molecule has 94 valence electrons. The highest BCUT2D eigenvalue weighted by molar-refractivity contribution is 7.90. The summed E-state index contributed by atoms with van der Waals surface area (Å²) in [4.78, 5) is 14.7. The fourth-order valence-corrected chi connectivity index (χ4v) is 3.00. The maximum Gasteiger partial charge on any atom is 0.336 e. The molecule has 0 radical (unpaired) electrons. The maximum atomic E-state index is 11.7. The highest BCUT2D eigenvalue weighted by Gasteiger charge is 2.17. The summed E-state index contributed by atoms with van der Waals surface area (Å²) >= 11 is 0. The third-order valence-corrected chi connectivity index (χ3v) is 3.98. The summed E-state index contributed by atoms with van der Waals surface area (Å²) in [6.45, 7) is 1.91. The number of sulfone groups is 1. The molecular formula is C11H15NO4S. The summed E-state index contributed by atoms with van der Waals surface area (Å²) in [5.74, 6) is -1.31. The highest BCUT2D eigenvalue weighted by Crippen LogP contribution is 2.12. The van der Waals surface area contributed by atoms with Gasteiger partial charge < -0.3 is 5.11 Å². The van der Waals surface area contributed by atoms with Crippen LogP contribution >= 0.6 is 0 Å². The molecule has 0 atom stereocenters. The van der Waals surface area contributed by atoms with Crippen molar-refractivity contribution in [2.24, 2.45) is 0 Å². The highest BCUT2D eigenvalue weighted by atomic mass is 32.2. The van der Waals surface area contributed by atoms with Crippen LogP contribution in [0.15, 0.2) is 18.5 Å². The van der Waals surface area contributed by atoms with Crippen LogP contribution in [-0.2, 0) is 15.6 Å². The smallest absolute Gasteiger partial charge is 0.336 e. The number of carboxylic acids is 1. The lowest BCUT2D eigenvalue weighted by Gasteiger charge is -2.06. The number of hydrogen-bond donors (Lipinski definition) is 1. The van der Waals surface area contributed by atoms with E-state index < -0.39 is 15.8 Å². The molecule has 0 aliphatic carbocycles. The summed E-state index contributed by atoms with van der Waals surface area (Å²) in [5, 5.41) is 8.92. The molecule has 17 heavy (non-hydrogen) atoms. The van der Waals surface area contributed by atoms with Crippen LogP contribution in [0.5, 0.6) is 0 Å². The monoisotopic (exact) mass is 257 g/mol. The molecule has 0 aliphatic rings. The predicted molar refractivity (Wildman–Crippen MR) is 63.6 cm³/mol. The fourth-order valence-electron chi connectivity index (χ4n) is 1.42. The summed E-state index contributed by atoms with van der Waals surface area (Å²) in [5.41, 5.74) is 0.246. The van der Waals surface area contributed by atoms with Crippen molar-refractivity contribution in [2.75, 3.05) is 5.75 Å². The van der Waals surface area contributed by atoms with Crippen LogP contribution in [0.2, 0.25) is 0 Å². The first-order chi connectivity index (χ1) is 7.96. The summed E-state index contributed by atoms with van der Waals surface area (Å²) in [6.07, 6.45) is 4.02. The van der Waals surface area contributed by atoms with E-state index in [1.165, 1.54) is 18.5 Å². The Morgan fingerprint density at radius 1 is 1.47 bits per heavy atom. The third-order valence-electron chi connectivity index (χ3n) is 2.32. The first-order valence-corrected chi connectivity index (χ1v) is 7.15. The van der Waals surface area contributed by atoms with Gasteiger partial charge >= 0.3 is 5.97 Å². The van der Waals surface area contributed by atoms with Crippen LogP contribution in [0.3, 0.4) is 0 Å². The lowest BCUT2D eigenvalue weighted by atomic mass is 10.2. The Morgan fingerprint density at radius 3 is 2.76 bits per heavy atom. The van der Waals surface area contributed by atoms with Gasteiger partial charge in [0, 0.05) is 12.4 Å². The minimum absolute atomic E-state index is 0.0000680. The Bertz CT molecular complexity index is 496. The Balaban J connectivity index is 2.92. The quantitative estimate of drug-likeness (QED) is 0.834. The second-order valence-corrected chi connectivity index (χ2v) is 5.97. The zero-order valence-corrected chi connectivity index (χ0v) is 10.4. The van der Waals surface area contributed by atoms with Gasteiger partial charge in [-0.15, -0.1) is 0 Å². The van der Waals surface area contributed by atoms with E-state index in [2.05, 4.69) is 4.98 Å². The average molecular weight is 257 g/mol. The molecule has 5 nitrogen and oxygen atoms in total. The zero-order valence-electron chi connectivity index (χ0n) is 9.59. The number of carboxylic acid groups (broad SMARTS) is 1. The van der Waals surface area contributed by atoms with Crippen molar-refractivity contribution in [3.05, 3.63) is 29.6 Å². The summed E-state index contributed by atoms with van der Waals surface area (Å²) in [6, 6.07) is 1.31. The maximum absolute atomic E-state index is 11.7. The molecule has 0 bridgehead atoms. The molecule has 0 aliphatic heterocycles. The molecule has 1 aromatic heterocycles. The van der Waals surface area contributed by atoms with Gasteiger partial charge in [-0.2, -0.15) is 0 Å². The number of rotatable bonds is 6. The molecule has 1 rings (SSSR count). The Morgan fingerprint density at radius 2 is 2.18 bits per heavy atom. The van der Waals surface area contributed by atoms with Gasteiger partial charge in [-0.3, -0.25) is 4.98 Å². The van der Waals surface area contributed by atoms with Gasteiger partial charge in [-0.1, -0.05) is 13.3 Å². The molecule has 0 aromatic carbocycles. The molecule has 0 saturated heterocycles. The number of unbranched alkanes of at least 4 members (excludes halogenated alkanes) is 1. The van der Waals surface area contributed by atoms with E-state index in [-0.39, 0.29) is 22.6 Å². The molecule has 1 heterocycles. The molecule has 0 amide bonds. The molecule has 0 fully saturated rings. The number of hydrogen-bond acceptors (Lipinski definition) is 4. The standard InChI is InChI=1S/C11H15NO4S/c1-2-3-6-17(15,16)8-9-7-12-5-4-10(9)11(13)14/h4-5,7H,2-3,6,8H2,1H3,(H,13,14). The Labute approximate surface area is 100 Å². The number of nitrogens with zero attached hydrogens (tertiary/aromatic N) is 1. The summed E-state index contributed by atoms with van der Waals surface area (Å²) < 4.78 is 23.4. The zero-order chi connectivity index (χ0) is 12.9. The normalized spacial score (nSPS) is 11.4. The Hall–Kier alpha value is -1.43. The van der Waals surface area contributed by atoms with Crippen molar-refractivity contribution in [1.29, 1.82) is 0 Å². The molecule has 1 aromatic rings. The van der Waals surface area contributed by atoms with Crippen molar-refractivity contribution < 1.29 is 18.3 Å². The van der Waals surface area contributed by atoms with Crippen molar-refractivity contribution in [2.45, 2.75) is 25.5 Å². The van der Waals surface area contributed by atoms with E-state index in [0.29, 0.717) is 6.42 Å². The molecule has 0 unspecified atom stereocenters.